The fraction of sp³-hybridized carbons (Fsp3) is 0.0909. The quantitative estimate of drug-likeness (QED) is 0.650. The van der Waals surface area contributed by atoms with Gasteiger partial charge in [0, 0.05) is 41.6 Å². The molecule has 0 amide bonds. The van der Waals surface area contributed by atoms with E-state index in [0.29, 0.717) is 0 Å². The molecule has 3 aromatic heterocycles. The van der Waals surface area contributed by atoms with Crippen molar-refractivity contribution in [2.24, 2.45) is 0 Å². The molecular weight excluding hydrogens is 188 g/mol. The van der Waals surface area contributed by atoms with Gasteiger partial charge in [0.2, 0.25) is 0 Å². The van der Waals surface area contributed by atoms with Crippen molar-refractivity contribution in [2.45, 2.75) is 6.92 Å². The molecule has 1 N–H and O–H groups in total. The second-order valence-electron chi connectivity index (χ2n) is 3.47. The number of fused-ring (bicyclic) bond motifs is 1. The minimum absolute atomic E-state index is 0.945. The summed E-state index contributed by atoms with van der Waals surface area (Å²) in [6.07, 6.45) is 7.31. The Morgan fingerprint density at radius 2 is 2.27 bits per heavy atom. The van der Waals surface area contributed by atoms with Gasteiger partial charge >= 0.3 is 0 Å². The Hall–Kier alpha value is -2.10. The lowest BCUT2D eigenvalue weighted by Gasteiger charge is -1.97. The smallest absolute Gasteiger partial charge is 0.161 e. The van der Waals surface area contributed by atoms with Crippen LogP contribution in [-0.4, -0.2) is 19.6 Å². The average molecular weight is 198 g/mol. The Bertz CT molecular complexity index is 591. The van der Waals surface area contributed by atoms with Crippen LogP contribution in [0.3, 0.4) is 0 Å². The zero-order chi connectivity index (χ0) is 10.3. The fourth-order valence-electron chi connectivity index (χ4n) is 1.84. The van der Waals surface area contributed by atoms with E-state index in [0.717, 1.165) is 22.5 Å². The van der Waals surface area contributed by atoms with Crippen LogP contribution < -0.4 is 0 Å². The van der Waals surface area contributed by atoms with Crippen molar-refractivity contribution in [3.63, 3.8) is 0 Å². The highest BCUT2D eigenvalue weighted by atomic mass is 15.3. The highest BCUT2D eigenvalue weighted by Crippen LogP contribution is 2.25. The number of aryl methyl sites for hydroxylation is 1. The second-order valence-corrected chi connectivity index (χ2v) is 3.47. The zero-order valence-electron chi connectivity index (χ0n) is 8.31. The highest BCUT2D eigenvalue weighted by Gasteiger charge is 2.11. The number of pyridine rings is 1. The summed E-state index contributed by atoms with van der Waals surface area (Å²) in [5, 5.41) is 3.23. The number of aromatic amines is 1. The van der Waals surface area contributed by atoms with Gasteiger partial charge in [0.1, 0.15) is 0 Å². The van der Waals surface area contributed by atoms with E-state index in [2.05, 4.69) is 15.1 Å². The monoisotopic (exact) mass is 198 g/mol. The molecule has 0 bridgehead atoms. The van der Waals surface area contributed by atoms with Crippen molar-refractivity contribution in [1.29, 1.82) is 0 Å². The number of aromatic nitrogens is 4. The van der Waals surface area contributed by atoms with Gasteiger partial charge in [-0.15, -0.1) is 0 Å². The van der Waals surface area contributed by atoms with Gasteiger partial charge in [-0.2, -0.15) is 0 Å². The first kappa shape index (κ1) is 8.23. The van der Waals surface area contributed by atoms with E-state index in [1.165, 1.54) is 0 Å². The normalized spacial score (nSPS) is 11.0. The van der Waals surface area contributed by atoms with Crippen molar-refractivity contribution < 1.29 is 0 Å². The molecule has 0 aliphatic heterocycles. The molecule has 0 unspecified atom stereocenters. The molecule has 3 heterocycles. The van der Waals surface area contributed by atoms with Crippen LogP contribution in [0.2, 0.25) is 0 Å². The minimum atomic E-state index is 0.945. The van der Waals surface area contributed by atoms with Crippen LogP contribution in [0.1, 0.15) is 5.69 Å². The van der Waals surface area contributed by atoms with Crippen LogP contribution in [-0.2, 0) is 0 Å². The highest BCUT2D eigenvalue weighted by molar-refractivity contribution is 5.79. The van der Waals surface area contributed by atoms with Crippen LogP contribution in [0.15, 0.2) is 36.9 Å². The first-order valence-corrected chi connectivity index (χ1v) is 4.78. The molecule has 74 valence electrons. The summed E-state index contributed by atoms with van der Waals surface area (Å²) in [5.41, 5.74) is 4.26. The summed E-state index contributed by atoms with van der Waals surface area (Å²) >= 11 is 0. The summed E-state index contributed by atoms with van der Waals surface area (Å²) in [6.45, 7) is 2.04. The maximum atomic E-state index is 4.32. The minimum Gasteiger partial charge on any atom is -0.297 e. The predicted molar refractivity (Wildman–Crippen MR) is 57.5 cm³/mol. The third kappa shape index (κ3) is 1.15. The van der Waals surface area contributed by atoms with Crippen LogP contribution >= 0.6 is 0 Å². The zero-order valence-corrected chi connectivity index (χ0v) is 8.31. The Labute approximate surface area is 86.6 Å². The number of hydrogen-bond donors (Lipinski definition) is 1. The number of hydrogen-bond acceptors (Lipinski definition) is 2. The number of rotatable bonds is 1. The standard InChI is InChI=1S/C11H10N4/c1-8-10(9-3-2-4-12-7-9)11-13-5-6-15(11)14-8/h2-7,14H,1H3. The summed E-state index contributed by atoms with van der Waals surface area (Å²) in [4.78, 5) is 8.44. The molecule has 0 saturated heterocycles. The molecule has 0 fully saturated rings. The van der Waals surface area contributed by atoms with Crippen molar-refractivity contribution in [2.75, 3.05) is 0 Å². The second kappa shape index (κ2) is 2.95. The Kier molecular flexibility index (Phi) is 1.62. The van der Waals surface area contributed by atoms with Gasteiger partial charge < -0.3 is 0 Å². The molecule has 4 nitrogen and oxygen atoms in total. The lowest BCUT2D eigenvalue weighted by molar-refractivity contribution is 0.945. The Balaban J connectivity index is 2.34. The van der Waals surface area contributed by atoms with Crippen molar-refractivity contribution >= 4 is 5.65 Å². The Morgan fingerprint density at radius 1 is 1.33 bits per heavy atom. The lowest BCUT2D eigenvalue weighted by atomic mass is 10.1. The summed E-state index contributed by atoms with van der Waals surface area (Å²) in [6, 6.07) is 3.97. The van der Waals surface area contributed by atoms with Crippen molar-refractivity contribution in [3.8, 4) is 11.1 Å². The predicted octanol–water partition coefficient (Wildman–Crippen LogP) is 2.03. The summed E-state index contributed by atoms with van der Waals surface area (Å²) in [7, 11) is 0. The largest absolute Gasteiger partial charge is 0.297 e. The van der Waals surface area contributed by atoms with Crippen LogP contribution in [0, 0.1) is 6.92 Å². The van der Waals surface area contributed by atoms with Gasteiger partial charge in [-0.25, -0.2) is 9.50 Å². The molecule has 0 saturated carbocycles. The third-order valence-electron chi connectivity index (χ3n) is 2.48. The van der Waals surface area contributed by atoms with E-state index in [9.17, 15) is 0 Å². The maximum Gasteiger partial charge on any atom is 0.161 e. The van der Waals surface area contributed by atoms with Crippen molar-refractivity contribution in [3.05, 3.63) is 42.6 Å². The number of nitrogens with zero attached hydrogens (tertiary/aromatic N) is 3. The van der Waals surface area contributed by atoms with Gasteiger partial charge in [0.15, 0.2) is 5.65 Å². The van der Waals surface area contributed by atoms with E-state index in [4.69, 9.17) is 0 Å². The van der Waals surface area contributed by atoms with Gasteiger partial charge in [-0.1, -0.05) is 6.07 Å². The van der Waals surface area contributed by atoms with Crippen molar-refractivity contribution in [1.82, 2.24) is 19.6 Å². The molecule has 3 rings (SSSR count). The van der Waals surface area contributed by atoms with Gasteiger partial charge in [-0.3, -0.25) is 10.1 Å². The van der Waals surface area contributed by atoms with Gasteiger partial charge in [0.25, 0.3) is 0 Å². The number of H-pyrrole nitrogens is 1. The first-order valence-electron chi connectivity index (χ1n) is 4.78. The van der Waals surface area contributed by atoms with Crippen LogP contribution in [0.5, 0.6) is 0 Å². The molecule has 0 spiro atoms. The number of nitrogens with one attached hydrogen (secondary N) is 1. The third-order valence-corrected chi connectivity index (χ3v) is 2.48. The van der Waals surface area contributed by atoms with Gasteiger partial charge in [0.05, 0.1) is 0 Å². The van der Waals surface area contributed by atoms with E-state index in [1.807, 2.05) is 36.0 Å². The van der Waals surface area contributed by atoms with E-state index in [-0.39, 0.29) is 0 Å². The molecule has 0 atom stereocenters. The molecule has 0 radical (unpaired) electrons. The maximum absolute atomic E-state index is 4.32. The topological polar surface area (TPSA) is 46.0 Å². The summed E-state index contributed by atoms with van der Waals surface area (Å²) in [5.74, 6) is 0. The number of imidazole rings is 1. The Morgan fingerprint density at radius 3 is 3.07 bits per heavy atom. The first-order chi connectivity index (χ1) is 7.36. The van der Waals surface area contributed by atoms with E-state index in [1.54, 1.807) is 12.4 Å². The molecule has 0 aliphatic carbocycles. The molecule has 0 aliphatic rings. The molecule has 4 heteroatoms. The van der Waals surface area contributed by atoms with E-state index >= 15 is 0 Å². The van der Waals surface area contributed by atoms with Crippen LogP contribution in [0.25, 0.3) is 16.8 Å². The SMILES string of the molecule is Cc1[nH]n2ccnc2c1-c1cccnc1. The summed E-state index contributed by atoms with van der Waals surface area (Å²) < 4.78 is 1.91. The van der Waals surface area contributed by atoms with Gasteiger partial charge in [-0.05, 0) is 13.0 Å². The molecular formula is C11H10N4. The molecule has 0 aromatic carbocycles. The average Bonchev–Trinajstić information content (AvgIpc) is 2.78. The lowest BCUT2D eigenvalue weighted by Crippen LogP contribution is -1.81. The van der Waals surface area contributed by atoms with E-state index < -0.39 is 0 Å². The van der Waals surface area contributed by atoms with Crippen LogP contribution in [0.4, 0.5) is 0 Å². The molecule has 15 heavy (non-hydrogen) atoms. The molecule has 3 aromatic rings. The fourth-order valence-corrected chi connectivity index (χ4v) is 1.84.